The molecule has 0 aliphatic heterocycles. The number of benzene rings is 1. The first kappa shape index (κ1) is 16.2. The zero-order chi connectivity index (χ0) is 15.4. The molecule has 1 aromatic rings. The van der Waals surface area contributed by atoms with Gasteiger partial charge in [0.25, 0.3) is 5.91 Å². The molecular weight excluding hydrogens is 282 g/mol. The zero-order valence-electron chi connectivity index (χ0n) is 13.4. The Morgan fingerprint density at radius 1 is 1.29 bits per heavy atom. The Bertz CT molecular complexity index is 483. The fourth-order valence-electron chi connectivity index (χ4n) is 2.95. The second-order valence-electron chi connectivity index (χ2n) is 5.94. The lowest BCUT2D eigenvalue weighted by Crippen LogP contribution is -2.38. The molecule has 3 nitrogen and oxygen atoms in total. The molecule has 1 amide bonds. The molecule has 0 heterocycles. The third kappa shape index (κ3) is 4.40. The Kier molecular flexibility index (Phi) is 5.57. The smallest absolute Gasteiger partial charge is 0.260 e. The second kappa shape index (κ2) is 7.21. The van der Waals surface area contributed by atoms with E-state index in [2.05, 4.69) is 12.3 Å². The van der Waals surface area contributed by atoms with Gasteiger partial charge in [-0.3, -0.25) is 4.79 Å². The van der Waals surface area contributed by atoms with E-state index < -0.39 is 0 Å². The van der Waals surface area contributed by atoms with E-state index in [1.165, 1.54) is 6.42 Å². The van der Waals surface area contributed by atoms with Crippen LogP contribution >= 0.6 is 11.8 Å². The van der Waals surface area contributed by atoms with Gasteiger partial charge in [-0.2, -0.15) is 11.8 Å². The summed E-state index contributed by atoms with van der Waals surface area (Å²) >= 11 is 1.91. The number of carbonyl (C=O) groups excluding carboxylic acids is 1. The lowest BCUT2D eigenvalue weighted by atomic mass is 10.1. The van der Waals surface area contributed by atoms with Crippen molar-refractivity contribution in [1.29, 1.82) is 0 Å². The van der Waals surface area contributed by atoms with Crippen LogP contribution in [0.15, 0.2) is 18.2 Å². The lowest BCUT2D eigenvalue weighted by molar-refractivity contribution is -0.134. The molecule has 116 valence electrons. The van der Waals surface area contributed by atoms with E-state index >= 15 is 0 Å². The van der Waals surface area contributed by atoms with Crippen LogP contribution in [0.3, 0.4) is 0 Å². The highest BCUT2D eigenvalue weighted by Crippen LogP contribution is 2.30. The van der Waals surface area contributed by atoms with Crippen LogP contribution in [-0.2, 0) is 4.79 Å². The van der Waals surface area contributed by atoms with Crippen LogP contribution in [0.1, 0.15) is 30.4 Å². The molecule has 2 rings (SSSR count). The molecule has 1 aliphatic carbocycles. The van der Waals surface area contributed by atoms with Gasteiger partial charge in [0.15, 0.2) is 6.61 Å². The number of hydrogen-bond donors (Lipinski definition) is 0. The van der Waals surface area contributed by atoms with Gasteiger partial charge >= 0.3 is 0 Å². The number of nitrogens with zero attached hydrogens (tertiary/aromatic N) is 1. The Morgan fingerprint density at radius 3 is 2.52 bits per heavy atom. The van der Waals surface area contributed by atoms with Crippen LogP contribution in [0.5, 0.6) is 5.75 Å². The average Bonchev–Trinajstić information content (AvgIpc) is 2.91. The zero-order valence-corrected chi connectivity index (χ0v) is 14.2. The molecule has 4 heteroatoms. The van der Waals surface area contributed by atoms with Crippen molar-refractivity contribution in [2.24, 2.45) is 0 Å². The highest BCUT2D eigenvalue weighted by Gasteiger charge is 2.29. The molecule has 0 aromatic heterocycles. The first-order valence-corrected chi connectivity index (χ1v) is 8.78. The third-order valence-corrected chi connectivity index (χ3v) is 5.28. The van der Waals surface area contributed by atoms with Crippen LogP contribution in [0, 0.1) is 13.8 Å². The van der Waals surface area contributed by atoms with Crippen molar-refractivity contribution in [3.63, 3.8) is 0 Å². The van der Waals surface area contributed by atoms with Crippen LogP contribution in [0.4, 0.5) is 0 Å². The lowest BCUT2D eigenvalue weighted by Gasteiger charge is -2.24. The van der Waals surface area contributed by atoms with Crippen LogP contribution in [-0.4, -0.2) is 42.0 Å². The van der Waals surface area contributed by atoms with Crippen molar-refractivity contribution in [2.45, 2.75) is 44.4 Å². The van der Waals surface area contributed by atoms with Gasteiger partial charge in [0.05, 0.1) is 0 Å². The number of hydrogen-bond acceptors (Lipinski definition) is 3. The number of rotatable bonds is 5. The Morgan fingerprint density at radius 2 is 1.95 bits per heavy atom. The summed E-state index contributed by atoms with van der Waals surface area (Å²) in [6, 6.07) is 6.42. The fourth-order valence-corrected chi connectivity index (χ4v) is 3.74. The predicted molar refractivity (Wildman–Crippen MR) is 89.1 cm³/mol. The molecule has 1 aliphatic rings. The van der Waals surface area contributed by atoms with Crippen LogP contribution < -0.4 is 4.74 Å². The normalized spacial score (nSPS) is 21.3. The number of likely N-dealkylation sites (N-methyl/N-ethyl adjacent to an activating group) is 1. The number of thioether (sulfide) groups is 1. The summed E-state index contributed by atoms with van der Waals surface area (Å²) in [5.74, 6) is 0.851. The van der Waals surface area contributed by atoms with Crippen LogP contribution in [0.2, 0.25) is 0 Å². The van der Waals surface area contributed by atoms with E-state index in [1.54, 1.807) is 0 Å². The molecule has 0 saturated heterocycles. The molecule has 1 fully saturated rings. The second-order valence-corrected chi connectivity index (χ2v) is 7.08. The highest BCUT2D eigenvalue weighted by atomic mass is 32.2. The van der Waals surface area contributed by atoms with Gasteiger partial charge in [-0.1, -0.05) is 6.07 Å². The number of ether oxygens (including phenoxy) is 1. The topological polar surface area (TPSA) is 29.5 Å². The van der Waals surface area contributed by atoms with Crippen LogP contribution in [0.25, 0.3) is 0 Å². The number of amides is 1. The number of carbonyl (C=O) groups is 1. The summed E-state index contributed by atoms with van der Waals surface area (Å²) in [5.41, 5.74) is 2.31. The van der Waals surface area contributed by atoms with Gasteiger partial charge in [-0.25, -0.2) is 0 Å². The maximum atomic E-state index is 12.3. The summed E-state index contributed by atoms with van der Waals surface area (Å²) in [7, 11) is 1.90. The summed E-state index contributed by atoms with van der Waals surface area (Å²) in [6.07, 6.45) is 5.57. The van der Waals surface area contributed by atoms with Crippen molar-refractivity contribution in [2.75, 3.05) is 19.9 Å². The third-order valence-electron chi connectivity index (χ3n) is 4.19. The molecule has 0 N–H and O–H groups in total. The minimum Gasteiger partial charge on any atom is -0.484 e. The molecular formula is C17H25NO2S. The largest absolute Gasteiger partial charge is 0.484 e. The van der Waals surface area contributed by atoms with Gasteiger partial charge in [0, 0.05) is 18.3 Å². The quantitative estimate of drug-likeness (QED) is 0.835. The summed E-state index contributed by atoms with van der Waals surface area (Å²) in [5, 5.41) is 0.700. The van der Waals surface area contributed by atoms with Gasteiger partial charge in [0.1, 0.15) is 5.75 Å². The number of aryl methyl sites for hydroxylation is 2. The van der Waals surface area contributed by atoms with Gasteiger partial charge in [-0.15, -0.1) is 0 Å². The average molecular weight is 307 g/mol. The molecule has 0 unspecified atom stereocenters. The van der Waals surface area contributed by atoms with E-state index in [1.807, 2.05) is 49.7 Å². The molecule has 0 bridgehead atoms. The van der Waals surface area contributed by atoms with Crippen molar-refractivity contribution in [3.05, 3.63) is 29.3 Å². The van der Waals surface area contributed by atoms with Crippen molar-refractivity contribution < 1.29 is 9.53 Å². The standard InChI is InChI=1S/C17H25NO2S/c1-12-7-13(2)9-15(8-12)20-11-17(19)18(3)14-5-6-16(10-14)21-4/h7-9,14,16H,5-6,10-11H2,1-4H3/t14-,16+/m0/s1. The maximum Gasteiger partial charge on any atom is 0.260 e. The molecule has 1 aromatic carbocycles. The Labute approximate surface area is 132 Å². The SMILES string of the molecule is CS[C@@H]1CC[C@H](N(C)C(=O)COc2cc(C)cc(C)c2)C1. The van der Waals surface area contributed by atoms with E-state index in [-0.39, 0.29) is 12.5 Å². The molecule has 1 saturated carbocycles. The molecule has 0 spiro atoms. The van der Waals surface area contributed by atoms with Gasteiger partial charge in [0.2, 0.25) is 0 Å². The first-order valence-electron chi connectivity index (χ1n) is 7.49. The molecule has 21 heavy (non-hydrogen) atoms. The van der Waals surface area contributed by atoms with E-state index in [4.69, 9.17) is 4.74 Å². The monoisotopic (exact) mass is 307 g/mol. The maximum absolute atomic E-state index is 12.3. The van der Waals surface area contributed by atoms with Gasteiger partial charge < -0.3 is 9.64 Å². The molecule has 2 atom stereocenters. The fraction of sp³-hybridized carbons (Fsp3) is 0.588. The van der Waals surface area contributed by atoms with E-state index in [0.29, 0.717) is 11.3 Å². The van der Waals surface area contributed by atoms with E-state index in [9.17, 15) is 4.79 Å². The minimum atomic E-state index is 0.0703. The Balaban J connectivity index is 1.86. The van der Waals surface area contributed by atoms with Crippen molar-refractivity contribution in [1.82, 2.24) is 4.90 Å². The van der Waals surface area contributed by atoms with Crippen molar-refractivity contribution >= 4 is 17.7 Å². The van der Waals surface area contributed by atoms with Gasteiger partial charge in [-0.05, 0) is 62.6 Å². The highest BCUT2D eigenvalue weighted by molar-refractivity contribution is 7.99. The van der Waals surface area contributed by atoms with E-state index in [0.717, 1.165) is 29.7 Å². The summed E-state index contributed by atoms with van der Waals surface area (Å²) < 4.78 is 5.67. The van der Waals surface area contributed by atoms with Crippen molar-refractivity contribution in [3.8, 4) is 5.75 Å². The molecule has 0 radical (unpaired) electrons. The predicted octanol–water partition coefficient (Wildman–Crippen LogP) is 3.42. The summed E-state index contributed by atoms with van der Waals surface area (Å²) in [4.78, 5) is 14.1. The summed E-state index contributed by atoms with van der Waals surface area (Å²) in [6.45, 7) is 4.20. The Hall–Kier alpha value is -1.16. The first-order chi connectivity index (χ1) is 9.99. The minimum absolute atomic E-state index is 0.0703.